The summed E-state index contributed by atoms with van der Waals surface area (Å²) in [5.41, 5.74) is 6.57. The first-order chi connectivity index (χ1) is 8.94. The molecular formula is C11H16N4O2S2. The monoisotopic (exact) mass is 300 g/mol. The smallest absolute Gasteiger partial charge is 0.246 e. The first-order valence-electron chi connectivity index (χ1n) is 5.81. The summed E-state index contributed by atoms with van der Waals surface area (Å²) >= 11 is 1.52. The van der Waals surface area contributed by atoms with Gasteiger partial charge in [-0.15, -0.1) is 0 Å². The van der Waals surface area contributed by atoms with Crippen molar-refractivity contribution in [1.82, 2.24) is 14.5 Å². The first kappa shape index (κ1) is 14.0. The number of aromatic nitrogens is 2. The Bertz CT molecular complexity index is 646. The average Bonchev–Trinajstić information content (AvgIpc) is 2.96. The standard InChI is InChI=1S/C11H16N4O2S2/c1-3-15-6-10(11(12)13-15)19(16,17)14-8(2)9-4-5-18-7-9/h4-8,14H,3H2,1-2H3,(H2,12,13). The molecule has 2 aromatic rings. The lowest BCUT2D eigenvalue weighted by atomic mass is 10.2. The summed E-state index contributed by atoms with van der Waals surface area (Å²) < 4.78 is 28.6. The molecule has 0 aliphatic heterocycles. The quantitative estimate of drug-likeness (QED) is 0.877. The molecule has 1 atom stereocenters. The summed E-state index contributed by atoms with van der Waals surface area (Å²) in [6, 6.07) is 1.58. The van der Waals surface area contributed by atoms with Gasteiger partial charge >= 0.3 is 0 Å². The van der Waals surface area contributed by atoms with E-state index in [-0.39, 0.29) is 16.8 Å². The van der Waals surface area contributed by atoms with Gasteiger partial charge in [0.15, 0.2) is 5.82 Å². The lowest BCUT2D eigenvalue weighted by Gasteiger charge is -2.12. The van der Waals surface area contributed by atoms with Gasteiger partial charge in [0.25, 0.3) is 0 Å². The largest absolute Gasteiger partial charge is 0.381 e. The second kappa shape index (κ2) is 5.32. The van der Waals surface area contributed by atoms with E-state index in [0.717, 1.165) is 5.56 Å². The van der Waals surface area contributed by atoms with Crippen LogP contribution in [-0.2, 0) is 16.6 Å². The Morgan fingerprint density at radius 2 is 2.32 bits per heavy atom. The number of thiophene rings is 1. The Hall–Kier alpha value is -1.38. The van der Waals surface area contributed by atoms with E-state index in [9.17, 15) is 8.42 Å². The lowest BCUT2D eigenvalue weighted by Crippen LogP contribution is -2.27. The van der Waals surface area contributed by atoms with Gasteiger partial charge in [0.1, 0.15) is 4.90 Å². The second-order valence-corrected chi connectivity index (χ2v) is 6.60. The van der Waals surface area contributed by atoms with E-state index in [2.05, 4.69) is 9.82 Å². The zero-order valence-corrected chi connectivity index (χ0v) is 12.3. The number of anilines is 1. The molecule has 0 aromatic carbocycles. The third-order valence-corrected chi connectivity index (χ3v) is 5.00. The van der Waals surface area contributed by atoms with E-state index in [1.165, 1.54) is 22.2 Å². The van der Waals surface area contributed by atoms with Crippen molar-refractivity contribution in [1.29, 1.82) is 0 Å². The molecule has 104 valence electrons. The van der Waals surface area contributed by atoms with Crippen molar-refractivity contribution in [2.75, 3.05) is 5.73 Å². The van der Waals surface area contributed by atoms with Crippen LogP contribution in [0.3, 0.4) is 0 Å². The molecule has 3 N–H and O–H groups in total. The summed E-state index contributed by atoms with van der Waals surface area (Å²) in [5, 5.41) is 7.76. The van der Waals surface area contributed by atoms with Crippen LogP contribution in [0.4, 0.5) is 5.82 Å². The van der Waals surface area contributed by atoms with Crippen LogP contribution in [-0.4, -0.2) is 18.2 Å². The van der Waals surface area contributed by atoms with Crippen molar-refractivity contribution in [3.05, 3.63) is 28.6 Å². The van der Waals surface area contributed by atoms with Gasteiger partial charge in [0.05, 0.1) is 0 Å². The van der Waals surface area contributed by atoms with Gasteiger partial charge in [0, 0.05) is 18.8 Å². The van der Waals surface area contributed by atoms with Crippen molar-refractivity contribution in [2.24, 2.45) is 0 Å². The molecule has 2 aromatic heterocycles. The molecule has 6 nitrogen and oxygen atoms in total. The molecule has 0 fully saturated rings. The van der Waals surface area contributed by atoms with Gasteiger partial charge in [-0.05, 0) is 36.2 Å². The Kier molecular flexibility index (Phi) is 3.93. The minimum atomic E-state index is -3.66. The summed E-state index contributed by atoms with van der Waals surface area (Å²) in [5.74, 6) is 0.0202. The number of nitrogens with one attached hydrogen (secondary N) is 1. The summed E-state index contributed by atoms with van der Waals surface area (Å²) in [6.07, 6.45) is 1.44. The fourth-order valence-corrected chi connectivity index (χ4v) is 3.73. The number of hydrogen-bond donors (Lipinski definition) is 2. The number of hydrogen-bond acceptors (Lipinski definition) is 5. The molecule has 8 heteroatoms. The first-order valence-corrected chi connectivity index (χ1v) is 8.24. The minimum Gasteiger partial charge on any atom is -0.381 e. The van der Waals surface area contributed by atoms with Crippen LogP contribution in [0.5, 0.6) is 0 Å². The molecule has 0 aliphatic rings. The highest BCUT2D eigenvalue weighted by atomic mass is 32.2. The van der Waals surface area contributed by atoms with Gasteiger partial charge in [-0.25, -0.2) is 13.1 Å². The predicted molar refractivity (Wildman–Crippen MR) is 75.4 cm³/mol. The fraction of sp³-hybridized carbons (Fsp3) is 0.364. The normalized spacial score (nSPS) is 13.6. The molecule has 0 aliphatic carbocycles. The zero-order chi connectivity index (χ0) is 14.0. The molecule has 0 spiro atoms. The van der Waals surface area contributed by atoms with E-state index in [1.54, 1.807) is 6.92 Å². The van der Waals surface area contributed by atoms with Crippen LogP contribution in [0.25, 0.3) is 0 Å². The molecule has 0 bridgehead atoms. The SMILES string of the molecule is CCn1cc(S(=O)(=O)NC(C)c2ccsc2)c(N)n1. The number of nitrogens with two attached hydrogens (primary N) is 1. The van der Waals surface area contributed by atoms with E-state index >= 15 is 0 Å². The maximum atomic E-state index is 12.2. The topological polar surface area (TPSA) is 90.0 Å². The number of sulfonamides is 1. The summed E-state index contributed by atoms with van der Waals surface area (Å²) in [6.45, 7) is 4.23. The van der Waals surface area contributed by atoms with Crippen LogP contribution in [0, 0.1) is 0 Å². The number of aryl methyl sites for hydroxylation is 1. The summed E-state index contributed by atoms with van der Waals surface area (Å²) in [7, 11) is -3.66. The van der Waals surface area contributed by atoms with Gasteiger partial charge in [-0.1, -0.05) is 0 Å². The number of nitrogens with zero attached hydrogens (tertiary/aromatic N) is 2. The Labute approximate surface area is 116 Å². The molecule has 2 heterocycles. The van der Waals surface area contributed by atoms with Gasteiger partial charge in [-0.3, -0.25) is 4.68 Å². The van der Waals surface area contributed by atoms with Crippen LogP contribution in [0.1, 0.15) is 25.5 Å². The van der Waals surface area contributed by atoms with Gasteiger partial charge < -0.3 is 5.73 Å². The molecular weight excluding hydrogens is 284 g/mol. The molecule has 0 amide bonds. The number of rotatable bonds is 5. The van der Waals surface area contributed by atoms with Crippen molar-refractivity contribution in [2.45, 2.75) is 31.3 Å². The maximum absolute atomic E-state index is 12.2. The average molecular weight is 300 g/mol. The third kappa shape index (κ3) is 2.96. The highest BCUT2D eigenvalue weighted by molar-refractivity contribution is 7.89. The summed E-state index contributed by atoms with van der Waals surface area (Å²) in [4.78, 5) is 0.0245. The predicted octanol–water partition coefficient (Wildman–Crippen LogP) is 1.59. The highest BCUT2D eigenvalue weighted by Crippen LogP contribution is 2.21. The van der Waals surface area contributed by atoms with E-state index in [4.69, 9.17) is 5.73 Å². The van der Waals surface area contributed by atoms with Crippen LogP contribution in [0.2, 0.25) is 0 Å². The third-order valence-electron chi connectivity index (χ3n) is 2.74. The molecule has 1 unspecified atom stereocenters. The molecule has 0 radical (unpaired) electrons. The van der Waals surface area contributed by atoms with Crippen LogP contribution < -0.4 is 10.5 Å². The molecule has 0 saturated heterocycles. The van der Waals surface area contributed by atoms with Crippen molar-refractivity contribution < 1.29 is 8.42 Å². The Morgan fingerprint density at radius 1 is 1.58 bits per heavy atom. The van der Waals surface area contributed by atoms with Gasteiger partial charge in [-0.2, -0.15) is 16.4 Å². The maximum Gasteiger partial charge on any atom is 0.246 e. The highest BCUT2D eigenvalue weighted by Gasteiger charge is 2.23. The molecule has 2 rings (SSSR count). The molecule has 0 saturated carbocycles. The van der Waals surface area contributed by atoms with Crippen molar-refractivity contribution in [3.8, 4) is 0 Å². The zero-order valence-electron chi connectivity index (χ0n) is 10.7. The Balaban J connectivity index is 2.25. The van der Waals surface area contributed by atoms with E-state index in [0.29, 0.717) is 6.54 Å². The van der Waals surface area contributed by atoms with Gasteiger partial charge in [0.2, 0.25) is 10.0 Å². The molecule has 19 heavy (non-hydrogen) atoms. The lowest BCUT2D eigenvalue weighted by molar-refractivity contribution is 0.567. The van der Waals surface area contributed by atoms with Crippen molar-refractivity contribution >= 4 is 27.2 Å². The van der Waals surface area contributed by atoms with E-state index in [1.807, 2.05) is 23.8 Å². The van der Waals surface area contributed by atoms with Crippen molar-refractivity contribution in [3.63, 3.8) is 0 Å². The minimum absolute atomic E-state index is 0.0202. The van der Waals surface area contributed by atoms with Crippen LogP contribution >= 0.6 is 11.3 Å². The van der Waals surface area contributed by atoms with E-state index < -0.39 is 10.0 Å². The number of nitrogen functional groups attached to an aromatic ring is 1. The van der Waals surface area contributed by atoms with Crippen LogP contribution in [0.15, 0.2) is 27.9 Å². The fourth-order valence-electron chi connectivity index (χ4n) is 1.67. The Morgan fingerprint density at radius 3 is 2.84 bits per heavy atom. The second-order valence-electron chi connectivity index (χ2n) is 4.13.